The van der Waals surface area contributed by atoms with Crippen molar-refractivity contribution in [3.8, 4) is 0 Å². The number of ether oxygens (including phenoxy) is 1. The number of ketones is 1. The van der Waals surface area contributed by atoms with Gasteiger partial charge in [0.25, 0.3) is 0 Å². The molecule has 2 fully saturated rings. The van der Waals surface area contributed by atoms with Gasteiger partial charge < -0.3 is 14.5 Å². The molecule has 0 aromatic heterocycles. The van der Waals surface area contributed by atoms with Gasteiger partial charge in [-0.25, -0.2) is 4.79 Å². The molecular formula is C34H49N3O4. The summed E-state index contributed by atoms with van der Waals surface area (Å²) >= 11 is 0. The van der Waals surface area contributed by atoms with Gasteiger partial charge in [0.1, 0.15) is 5.60 Å². The Kier molecular flexibility index (Phi) is 11.5. The average Bonchev–Trinajstić information content (AvgIpc) is 2.94. The number of Topliss-reactive ketones (excluding diaryl/α,β-unsaturated/α-hetero) is 1. The third-order valence-electron chi connectivity index (χ3n) is 8.00. The number of amides is 2. The number of nitrogens with zero attached hydrogens (tertiary/aromatic N) is 3. The van der Waals surface area contributed by atoms with Gasteiger partial charge in [0.05, 0.1) is 6.04 Å². The highest BCUT2D eigenvalue weighted by Gasteiger charge is 2.37. The molecular weight excluding hydrogens is 514 g/mol. The normalized spacial score (nSPS) is 23.6. The van der Waals surface area contributed by atoms with Crippen LogP contribution in [0.15, 0.2) is 60.7 Å². The molecule has 2 amide bonds. The van der Waals surface area contributed by atoms with Crippen LogP contribution in [0.25, 0.3) is 0 Å². The second kappa shape index (κ2) is 14.6. The van der Waals surface area contributed by atoms with Gasteiger partial charge in [-0.3, -0.25) is 14.5 Å². The first-order valence-electron chi connectivity index (χ1n) is 15.1. The zero-order valence-electron chi connectivity index (χ0n) is 26.0. The maximum Gasteiger partial charge on any atom is 0.410 e. The smallest absolute Gasteiger partial charge is 0.410 e. The van der Waals surface area contributed by atoms with Crippen molar-refractivity contribution in [2.75, 3.05) is 13.1 Å². The second-order valence-corrected chi connectivity index (χ2v) is 12.4. The Hall–Kier alpha value is -3.19. The lowest BCUT2D eigenvalue weighted by Crippen LogP contribution is -2.59. The van der Waals surface area contributed by atoms with E-state index in [1.165, 1.54) is 5.56 Å². The molecule has 41 heavy (non-hydrogen) atoms. The lowest BCUT2D eigenvalue weighted by molar-refractivity contribution is -0.150. The van der Waals surface area contributed by atoms with Crippen molar-refractivity contribution in [1.82, 2.24) is 14.7 Å². The third-order valence-corrected chi connectivity index (χ3v) is 8.00. The van der Waals surface area contributed by atoms with E-state index in [2.05, 4.69) is 43.0 Å². The monoisotopic (exact) mass is 563 g/mol. The molecule has 0 unspecified atom stereocenters. The molecule has 0 radical (unpaired) electrons. The van der Waals surface area contributed by atoms with E-state index in [4.69, 9.17) is 4.74 Å². The van der Waals surface area contributed by atoms with Crippen molar-refractivity contribution in [2.24, 2.45) is 5.92 Å². The highest BCUT2D eigenvalue weighted by atomic mass is 16.6. The summed E-state index contributed by atoms with van der Waals surface area (Å²) in [6.07, 6.45) is 1.90. The molecule has 2 saturated heterocycles. The maximum atomic E-state index is 12.5. The number of likely N-dealkylation sites (tertiary alicyclic amines) is 1. The lowest BCUT2D eigenvalue weighted by Gasteiger charge is -2.45. The van der Waals surface area contributed by atoms with Crippen molar-refractivity contribution in [2.45, 2.75) is 105 Å². The van der Waals surface area contributed by atoms with Gasteiger partial charge in [0.2, 0.25) is 5.91 Å². The fourth-order valence-electron chi connectivity index (χ4n) is 5.44. The molecule has 0 saturated carbocycles. The zero-order valence-corrected chi connectivity index (χ0v) is 26.0. The number of rotatable bonds is 6. The standard InChI is InChI=1S/C19H30N2O2.C15H19NO2/c1-6-17-14-20(13-16-10-8-7-9-11-16)15(2)12-21(17)18(22)23-19(3,4)5;1-3-13-9-14(17)11(2)16(15(13)18)10-12-7-5-4-6-8-12/h7-11,15,17H,6,12-14H2,1-5H3;4-8,11,13H,3,9-10H2,1-2H3/t15-,17+;11-,13-/m11/s1. The van der Waals surface area contributed by atoms with E-state index >= 15 is 0 Å². The summed E-state index contributed by atoms with van der Waals surface area (Å²) in [5.41, 5.74) is 1.95. The van der Waals surface area contributed by atoms with Crippen LogP contribution in [0.1, 0.15) is 78.9 Å². The fourth-order valence-corrected chi connectivity index (χ4v) is 5.44. The Labute approximate surface area is 246 Å². The number of hydrogen-bond acceptors (Lipinski definition) is 5. The van der Waals surface area contributed by atoms with Crippen molar-refractivity contribution in [3.05, 3.63) is 71.8 Å². The summed E-state index contributed by atoms with van der Waals surface area (Å²) < 4.78 is 5.58. The first kappa shape index (κ1) is 32.3. The van der Waals surface area contributed by atoms with Gasteiger partial charge in [-0.05, 0) is 58.6 Å². The van der Waals surface area contributed by atoms with Crippen LogP contribution in [0, 0.1) is 5.92 Å². The van der Waals surface area contributed by atoms with Crippen LogP contribution in [-0.4, -0.2) is 69.3 Å². The fraction of sp³-hybridized carbons (Fsp3) is 0.559. The van der Waals surface area contributed by atoms with E-state index in [-0.39, 0.29) is 35.8 Å². The van der Waals surface area contributed by atoms with Crippen molar-refractivity contribution >= 4 is 17.8 Å². The number of hydrogen-bond donors (Lipinski definition) is 0. The Morgan fingerprint density at radius 1 is 0.854 bits per heavy atom. The summed E-state index contributed by atoms with van der Waals surface area (Å²) in [6.45, 7) is 16.9. The van der Waals surface area contributed by atoms with Crippen LogP contribution >= 0.6 is 0 Å². The molecule has 0 bridgehead atoms. The SMILES string of the molecule is CC[C@@H]1CC(=O)[C@@H](C)N(Cc2ccccc2)C1=O.CC[C@H]1CN(Cc2ccccc2)[C@H](C)CN1C(=O)OC(C)(C)C. The topological polar surface area (TPSA) is 70.2 Å². The van der Waals surface area contributed by atoms with Gasteiger partial charge >= 0.3 is 6.09 Å². The van der Waals surface area contributed by atoms with E-state index in [0.717, 1.165) is 38.0 Å². The van der Waals surface area contributed by atoms with Crippen molar-refractivity contribution in [1.29, 1.82) is 0 Å². The molecule has 2 heterocycles. The Balaban J connectivity index is 0.000000232. The molecule has 4 rings (SSSR count). The first-order valence-corrected chi connectivity index (χ1v) is 15.1. The minimum atomic E-state index is -0.445. The van der Waals surface area contributed by atoms with Gasteiger partial charge in [0, 0.05) is 50.6 Å². The number of benzene rings is 2. The van der Waals surface area contributed by atoms with Gasteiger partial charge in [-0.1, -0.05) is 74.5 Å². The molecule has 2 aliphatic rings. The minimum absolute atomic E-state index is 0.119. The number of carbonyl (C=O) groups excluding carboxylic acids is 3. The van der Waals surface area contributed by atoms with Crippen molar-refractivity contribution < 1.29 is 19.1 Å². The molecule has 7 nitrogen and oxygen atoms in total. The summed E-state index contributed by atoms with van der Waals surface area (Å²) in [6, 6.07) is 20.6. The molecule has 2 aromatic rings. The van der Waals surface area contributed by atoms with E-state index in [1.807, 2.05) is 75.9 Å². The largest absolute Gasteiger partial charge is 0.444 e. The number of piperidine rings is 1. The molecule has 224 valence electrons. The Morgan fingerprint density at radius 3 is 1.93 bits per heavy atom. The van der Waals surface area contributed by atoms with Gasteiger partial charge in [-0.2, -0.15) is 0 Å². The van der Waals surface area contributed by atoms with Crippen LogP contribution in [-0.2, 0) is 27.4 Å². The van der Waals surface area contributed by atoms with E-state index in [1.54, 1.807) is 4.90 Å². The first-order chi connectivity index (χ1) is 19.4. The molecule has 4 atom stereocenters. The minimum Gasteiger partial charge on any atom is -0.444 e. The van der Waals surface area contributed by atoms with E-state index < -0.39 is 5.60 Å². The summed E-state index contributed by atoms with van der Waals surface area (Å²) in [4.78, 5) is 42.8. The predicted molar refractivity (Wildman–Crippen MR) is 163 cm³/mol. The van der Waals surface area contributed by atoms with Crippen LogP contribution in [0.3, 0.4) is 0 Å². The highest BCUT2D eigenvalue weighted by Crippen LogP contribution is 2.25. The quantitative estimate of drug-likeness (QED) is 0.412. The Morgan fingerprint density at radius 2 is 1.41 bits per heavy atom. The van der Waals surface area contributed by atoms with E-state index in [9.17, 15) is 14.4 Å². The van der Waals surface area contributed by atoms with Crippen LogP contribution in [0.5, 0.6) is 0 Å². The van der Waals surface area contributed by atoms with Crippen LogP contribution in [0.2, 0.25) is 0 Å². The number of carbonyl (C=O) groups is 3. The van der Waals surface area contributed by atoms with Crippen molar-refractivity contribution in [3.63, 3.8) is 0 Å². The predicted octanol–water partition coefficient (Wildman–Crippen LogP) is 6.31. The summed E-state index contributed by atoms with van der Waals surface area (Å²) in [5.74, 6) is 0.170. The lowest BCUT2D eigenvalue weighted by atomic mass is 9.89. The molecule has 0 aliphatic carbocycles. The molecule has 7 heteroatoms. The third kappa shape index (κ3) is 9.15. The van der Waals surface area contributed by atoms with Gasteiger partial charge in [0.15, 0.2) is 5.78 Å². The molecule has 0 N–H and O–H groups in total. The second-order valence-electron chi connectivity index (χ2n) is 12.4. The number of piperazine rings is 1. The van der Waals surface area contributed by atoms with Crippen LogP contribution in [0.4, 0.5) is 4.79 Å². The summed E-state index contributed by atoms with van der Waals surface area (Å²) in [7, 11) is 0. The molecule has 0 spiro atoms. The summed E-state index contributed by atoms with van der Waals surface area (Å²) in [5, 5.41) is 0. The molecule has 2 aliphatic heterocycles. The highest BCUT2D eigenvalue weighted by molar-refractivity contribution is 5.96. The van der Waals surface area contributed by atoms with E-state index in [0.29, 0.717) is 19.0 Å². The molecule has 2 aromatic carbocycles. The Bertz CT molecular complexity index is 1130. The zero-order chi connectivity index (χ0) is 30.2. The van der Waals surface area contributed by atoms with Gasteiger partial charge in [-0.15, -0.1) is 0 Å². The van der Waals surface area contributed by atoms with Crippen LogP contribution < -0.4 is 0 Å². The maximum absolute atomic E-state index is 12.5. The average molecular weight is 564 g/mol.